The summed E-state index contributed by atoms with van der Waals surface area (Å²) in [5, 5.41) is 25.7. The Bertz CT molecular complexity index is 1530. The van der Waals surface area contributed by atoms with Crippen LogP contribution < -0.4 is 27.8 Å². The summed E-state index contributed by atoms with van der Waals surface area (Å²) in [5.41, 5.74) is 19.0. The van der Waals surface area contributed by atoms with E-state index >= 15 is 0 Å². The van der Waals surface area contributed by atoms with Crippen molar-refractivity contribution in [2.24, 2.45) is 22.2 Å². The number of nitrogens with one attached hydrogen (secondary N) is 3. The molecule has 1 aliphatic rings. The lowest BCUT2D eigenvalue weighted by Gasteiger charge is -2.28. The van der Waals surface area contributed by atoms with Gasteiger partial charge in [0.25, 0.3) is 0 Å². The van der Waals surface area contributed by atoms with E-state index in [4.69, 9.17) is 17.2 Å². The first kappa shape index (κ1) is 32.8. The van der Waals surface area contributed by atoms with E-state index in [2.05, 4.69) is 20.6 Å². The zero-order chi connectivity index (χ0) is 32.5. The number of likely N-dealkylation sites (tertiary alicyclic amines) is 1. The molecule has 14 heteroatoms. The summed E-state index contributed by atoms with van der Waals surface area (Å²) >= 11 is 0. The number of aromatic hydroxyl groups is 1. The van der Waals surface area contributed by atoms with Gasteiger partial charge in [-0.2, -0.15) is 0 Å². The predicted molar refractivity (Wildman–Crippen MR) is 168 cm³/mol. The van der Waals surface area contributed by atoms with Crippen molar-refractivity contribution in [3.05, 3.63) is 65.9 Å². The fourth-order valence-corrected chi connectivity index (χ4v) is 5.50. The van der Waals surface area contributed by atoms with Gasteiger partial charge in [0.2, 0.25) is 17.7 Å². The first-order valence-corrected chi connectivity index (χ1v) is 14.8. The van der Waals surface area contributed by atoms with Gasteiger partial charge >= 0.3 is 5.97 Å². The van der Waals surface area contributed by atoms with Crippen molar-refractivity contribution in [2.75, 3.05) is 13.1 Å². The highest BCUT2D eigenvalue weighted by molar-refractivity contribution is 5.95. The lowest BCUT2D eigenvalue weighted by Crippen LogP contribution is -2.57. The molecule has 1 saturated heterocycles. The minimum atomic E-state index is -1.30. The molecule has 3 aromatic rings. The van der Waals surface area contributed by atoms with Crippen LogP contribution in [0.5, 0.6) is 5.75 Å². The summed E-state index contributed by atoms with van der Waals surface area (Å²) in [6, 6.07) is 9.35. The summed E-state index contributed by atoms with van der Waals surface area (Å²) in [4.78, 5) is 61.1. The second-order valence-electron chi connectivity index (χ2n) is 11.1. The number of hydrogen-bond acceptors (Lipinski definition) is 7. The monoisotopic (exact) mass is 620 g/mol. The fourth-order valence-electron chi connectivity index (χ4n) is 5.50. The summed E-state index contributed by atoms with van der Waals surface area (Å²) in [7, 11) is 0. The largest absolute Gasteiger partial charge is 0.508 e. The number of aromatic amines is 1. The number of guanidine groups is 1. The number of amides is 3. The number of phenols is 1. The Labute approximate surface area is 260 Å². The minimum absolute atomic E-state index is 0.0301. The maximum absolute atomic E-state index is 13.7. The number of aliphatic carboxylic acids is 1. The molecule has 0 bridgehead atoms. The molecule has 14 nitrogen and oxygen atoms in total. The van der Waals surface area contributed by atoms with E-state index in [1.807, 2.05) is 24.3 Å². The van der Waals surface area contributed by atoms with Crippen LogP contribution >= 0.6 is 0 Å². The van der Waals surface area contributed by atoms with Crippen LogP contribution in [0.4, 0.5) is 0 Å². The van der Waals surface area contributed by atoms with Gasteiger partial charge in [-0.3, -0.25) is 19.4 Å². The molecule has 1 fully saturated rings. The molecule has 0 aliphatic carbocycles. The molecule has 4 rings (SSSR count). The van der Waals surface area contributed by atoms with Gasteiger partial charge in [0, 0.05) is 43.0 Å². The molecule has 45 heavy (non-hydrogen) atoms. The number of fused-ring (bicyclic) bond motifs is 1. The number of aliphatic imine (C=N–C) groups is 1. The Kier molecular flexibility index (Phi) is 11.0. The Hall–Kier alpha value is -5.11. The van der Waals surface area contributed by atoms with Crippen LogP contribution in [0.1, 0.15) is 36.8 Å². The van der Waals surface area contributed by atoms with Crippen LogP contribution in [0.2, 0.25) is 0 Å². The van der Waals surface area contributed by atoms with Crippen LogP contribution in [-0.4, -0.2) is 87.0 Å². The Balaban J connectivity index is 1.50. The molecule has 2 heterocycles. The lowest BCUT2D eigenvalue weighted by molar-refractivity contribution is -0.143. The number of hydrogen-bond donors (Lipinski definition) is 8. The molecule has 4 atom stereocenters. The number of carboxylic acids is 1. The molecule has 240 valence electrons. The van der Waals surface area contributed by atoms with Crippen LogP contribution in [0, 0.1) is 0 Å². The quantitative estimate of drug-likeness (QED) is 0.0690. The first-order valence-electron chi connectivity index (χ1n) is 14.8. The maximum atomic E-state index is 13.7. The maximum Gasteiger partial charge on any atom is 0.326 e. The third-order valence-electron chi connectivity index (χ3n) is 7.85. The minimum Gasteiger partial charge on any atom is -0.508 e. The van der Waals surface area contributed by atoms with E-state index in [0.29, 0.717) is 44.3 Å². The molecule has 3 amide bonds. The van der Waals surface area contributed by atoms with E-state index < -0.39 is 42.0 Å². The van der Waals surface area contributed by atoms with Gasteiger partial charge in [-0.15, -0.1) is 0 Å². The topological polar surface area (TPSA) is 242 Å². The van der Waals surface area contributed by atoms with E-state index in [9.17, 15) is 29.4 Å². The van der Waals surface area contributed by atoms with Crippen LogP contribution in [0.25, 0.3) is 10.9 Å². The number of carbonyl (C=O) groups is 4. The molecule has 4 unspecified atom stereocenters. The number of H-pyrrole nitrogens is 1. The smallest absolute Gasteiger partial charge is 0.326 e. The van der Waals surface area contributed by atoms with Crippen molar-refractivity contribution in [1.29, 1.82) is 0 Å². The number of nitrogens with zero attached hydrogens (tertiary/aromatic N) is 2. The Morgan fingerprint density at radius 2 is 1.76 bits per heavy atom. The van der Waals surface area contributed by atoms with E-state index in [0.717, 1.165) is 16.5 Å². The second kappa shape index (κ2) is 15.1. The molecule has 0 radical (unpaired) electrons. The summed E-state index contributed by atoms with van der Waals surface area (Å²) in [6.45, 7) is 0.660. The van der Waals surface area contributed by atoms with Crippen molar-refractivity contribution in [1.82, 2.24) is 20.5 Å². The molecular formula is C31H40N8O6. The average Bonchev–Trinajstić information content (AvgIpc) is 3.67. The van der Waals surface area contributed by atoms with Crippen molar-refractivity contribution in [2.45, 2.75) is 62.7 Å². The van der Waals surface area contributed by atoms with Crippen molar-refractivity contribution >= 4 is 40.6 Å². The SMILES string of the molecule is NC(N)=NCCCC(N)C(=O)N1CCCC1C(=O)NC(Cc1c[nH]c2ccccc12)C(=O)NC(Cc1ccc(O)cc1)C(=O)O. The zero-order valence-corrected chi connectivity index (χ0v) is 24.8. The molecule has 1 aliphatic heterocycles. The highest BCUT2D eigenvalue weighted by atomic mass is 16.4. The Morgan fingerprint density at radius 3 is 2.47 bits per heavy atom. The number of carbonyl (C=O) groups excluding carboxylic acids is 3. The van der Waals surface area contributed by atoms with Gasteiger partial charge in [0.05, 0.1) is 6.04 Å². The molecule has 1 aromatic heterocycles. The zero-order valence-electron chi connectivity index (χ0n) is 24.8. The third-order valence-corrected chi connectivity index (χ3v) is 7.85. The Morgan fingerprint density at radius 1 is 1.02 bits per heavy atom. The number of rotatable bonds is 14. The summed E-state index contributed by atoms with van der Waals surface area (Å²) in [6.07, 6.45) is 3.55. The predicted octanol–water partition coefficient (Wildman–Crippen LogP) is 0.0848. The summed E-state index contributed by atoms with van der Waals surface area (Å²) < 4.78 is 0. The van der Waals surface area contributed by atoms with Gasteiger partial charge in [0.15, 0.2) is 5.96 Å². The molecule has 2 aromatic carbocycles. The molecular weight excluding hydrogens is 580 g/mol. The van der Waals surface area contributed by atoms with E-state index in [1.54, 1.807) is 18.3 Å². The van der Waals surface area contributed by atoms with Gasteiger partial charge in [-0.05, 0) is 55.0 Å². The van der Waals surface area contributed by atoms with Gasteiger partial charge in [0.1, 0.15) is 23.9 Å². The average molecular weight is 621 g/mol. The van der Waals surface area contributed by atoms with Crippen LogP contribution in [-0.2, 0) is 32.0 Å². The second-order valence-corrected chi connectivity index (χ2v) is 11.1. The van der Waals surface area contributed by atoms with Gasteiger partial charge in [-0.1, -0.05) is 30.3 Å². The lowest BCUT2D eigenvalue weighted by atomic mass is 10.0. The van der Waals surface area contributed by atoms with Crippen molar-refractivity contribution < 1.29 is 29.4 Å². The standard InChI is InChI=1S/C31H40N8O6/c32-22(6-3-13-35-31(33)34)29(43)39-14-4-8-26(39)28(42)37-24(16-19-17-36-23-7-2-1-5-21(19)23)27(41)38-25(30(44)45)15-18-9-11-20(40)12-10-18/h1-2,5,7,9-12,17,22,24-26,36,40H,3-4,6,8,13-16,32H2,(H,37,42)(H,38,41)(H,44,45)(H4,33,34,35). The molecule has 0 spiro atoms. The van der Waals surface area contributed by atoms with Crippen molar-refractivity contribution in [3.8, 4) is 5.75 Å². The molecule has 0 saturated carbocycles. The summed E-state index contributed by atoms with van der Waals surface area (Å²) in [5.74, 6) is -2.87. The van der Waals surface area contributed by atoms with E-state index in [1.165, 1.54) is 17.0 Å². The van der Waals surface area contributed by atoms with Crippen LogP contribution in [0.3, 0.4) is 0 Å². The number of aromatic nitrogens is 1. The molecule has 11 N–H and O–H groups in total. The van der Waals surface area contributed by atoms with Crippen LogP contribution in [0.15, 0.2) is 59.7 Å². The fraction of sp³-hybridized carbons (Fsp3) is 0.387. The van der Waals surface area contributed by atoms with Crippen molar-refractivity contribution in [3.63, 3.8) is 0 Å². The highest BCUT2D eigenvalue weighted by Crippen LogP contribution is 2.22. The highest BCUT2D eigenvalue weighted by Gasteiger charge is 2.38. The number of para-hydroxylation sites is 1. The first-order chi connectivity index (χ1) is 21.5. The van der Waals surface area contributed by atoms with E-state index in [-0.39, 0.29) is 30.5 Å². The number of phenolic OH excluding ortho intramolecular Hbond substituents is 1. The number of nitrogens with two attached hydrogens (primary N) is 3. The third kappa shape index (κ3) is 8.72. The van der Waals surface area contributed by atoms with Gasteiger partial charge < -0.3 is 47.9 Å². The normalized spacial score (nSPS) is 16.5. The van der Waals surface area contributed by atoms with Gasteiger partial charge in [-0.25, -0.2) is 4.79 Å². The number of benzene rings is 2. The number of carboxylic acid groups (broad SMARTS) is 1.